The number of benzene rings is 1. The zero-order valence-electron chi connectivity index (χ0n) is 11.0. The summed E-state index contributed by atoms with van der Waals surface area (Å²) in [4.78, 5) is 8.70. The Kier molecular flexibility index (Phi) is 3.77. The van der Waals surface area contributed by atoms with Gasteiger partial charge in [-0.3, -0.25) is 4.98 Å². The van der Waals surface area contributed by atoms with E-state index in [9.17, 15) is 0 Å². The molecule has 3 rings (SSSR count). The van der Waals surface area contributed by atoms with Crippen LogP contribution in [0.3, 0.4) is 0 Å². The van der Waals surface area contributed by atoms with Crippen molar-refractivity contribution in [1.82, 2.24) is 15.1 Å². The summed E-state index contributed by atoms with van der Waals surface area (Å²) in [5.41, 5.74) is 8.91. The number of hydrogen-bond acceptors (Lipinski definition) is 5. The molecule has 0 aliphatic heterocycles. The number of aromatic nitrogens is 3. The molecule has 0 unspecified atom stereocenters. The van der Waals surface area contributed by atoms with Crippen molar-refractivity contribution < 1.29 is 4.52 Å². The first-order chi connectivity index (χ1) is 10.0. The number of nitrogen functional groups attached to an aromatic ring is 1. The Labute approximate surface area is 137 Å². The fraction of sp³-hybridized carbons (Fsp3) is 0.0714. The van der Waals surface area contributed by atoms with Gasteiger partial charge in [-0.25, -0.2) is 0 Å². The van der Waals surface area contributed by atoms with Crippen molar-refractivity contribution in [2.75, 3.05) is 5.73 Å². The van der Waals surface area contributed by atoms with E-state index in [-0.39, 0.29) is 0 Å². The third-order valence-electron chi connectivity index (χ3n) is 2.93. The highest BCUT2D eigenvalue weighted by Gasteiger charge is 2.15. The molecule has 0 aliphatic carbocycles. The first kappa shape index (κ1) is 14.2. The summed E-state index contributed by atoms with van der Waals surface area (Å²) in [6, 6.07) is 7.42. The molecule has 0 spiro atoms. The van der Waals surface area contributed by atoms with Crippen molar-refractivity contribution in [1.29, 1.82) is 0 Å². The average molecular weight is 410 g/mol. The monoisotopic (exact) mass is 408 g/mol. The number of anilines is 1. The number of hydrogen-bond donors (Lipinski definition) is 1. The van der Waals surface area contributed by atoms with Crippen LogP contribution < -0.4 is 5.73 Å². The maximum Gasteiger partial charge on any atom is 0.258 e. The van der Waals surface area contributed by atoms with Crippen molar-refractivity contribution in [2.24, 2.45) is 0 Å². The molecule has 21 heavy (non-hydrogen) atoms. The van der Waals surface area contributed by atoms with Crippen LogP contribution in [0.1, 0.15) is 5.56 Å². The summed E-state index contributed by atoms with van der Waals surface area (Å²) in [6.07, 6.45) is 1.69. The molecule has 0 atom stereocenters. The SMILES string of the molecule is Cc1cc(N)ccc1-c1nc(-c2ncc(Br)cc2Br)no1. The van der Waals surface area contributed by atoms with Gasteiger partial charge in [0.2, 0.25) is 5.82 Å². The third-order valence-corrected chi connectivity index (χ3v) is 3.96. The quantitative estimate of drug-likeness (QED) is 0.641. The topological polar surface area (TPSA) is 77.8 Å². The van der Waals surface area contributed by atoms with Gasteiger partial charge in [0.05, 0.1) is 0 Å². The fourth-order valence-electron chi connectivity index (χ4n) is 1.94. The molecule has 0 amide bonds. The summed E-state index contributed by atoms with van der Waals surface area (Å²) in [5, 5.41) is 3.99. The molecule has 0 fully saturated rings. The first-order valence-corrected chi connectivity index (χ1v) is 7.65. The first-order valence-electron chi connectivity index (χ1n) is 6.06. The fourth-order valence-corrected chi connectivity index (χ4v) is 3.10. The number of pyridine rings is 1. The molecular formula is C14H10Br2N4O. The van der Waals surface area contributed by atoms with Crippen LogP contribution in [0.4, 0.5) is 5.69 Å². The number of nitrogens with two attached hydrogens (primary N) is 1. The van der Waals surface area contributed by atoms with Crippen molar-refractivity contribution in [3.63, 3.8) is 0 Å². The van der Waals surface area contributed by atoms with Gasteiger partial charge >= 0.3 is 0 Å². The standard InChI is InChI=1S/C14H10Br2N4O/c1-7-4-9(17)2-3-10(7)14-19-13(20-21-14)12-11(16)5-8(15)6-18-12/h2-6H,17H2,1H3. The highest BCUT2D eigenvalue weighted by Crippen LogP contribution is 2.29. The molecule has 5 nitrogen and oxygen atoms in total. The normalized spacial score (nSPS) is 10.8. The average Bonchev–Trinajstić information content (AvgIpc) is 2.87. The Hall–Kier alpha value is -1.73. The predicted molar refractivity (Wildman–Crippen MR) is 87.5 cm³/mol. The van der Waals surface area contributed by atoms with Crippen LogP contribution >= 0.6 is 31.9 Å². The van der Waals surface area contributed by atoms with E-state index in [0.717, 1.165) is 20.1 Å². The second kappa shape index (κ2) is 5.57. The van der Waals surface area contributed by atoms with Crippen LogP contribution in [0.2, 0.25) is 0 Å². The minimum atomic E-state index is 0.431. The molecule has 0 radical (unpaired) electrons. The molecule has 3 aromatic rings. The Bertz CT molecular complexity index is 750. The van der Waals surface area contributed by atoms with E-state index in [0.29, 0.717) is 23.1 Å². The maximum absolute atomic E-state index is 5.75. The number of nitrogens with zero attached hydrogens (tertiary/aromatic N) is 3. The van der Waals surface area contributed by atoms with E-state index < -0.39 is 0 Å². The number of halogens is 2. The lowest BCUT2D eigenvalue weighted by Gasteiger charge is -2.01. The second-order valence-corrected chi connectivity index (χ2v) is 6.25. The predicted octanol–water partition coefficient (Wildman–Crippen LogP) is 4.21. The molecule has 0 bridgehead atoms. The highest BCUT2D eigenvalue weighted by atomic mass is 79.9. The lowest BCUT2D eigenvalue weighted by molar-refractivity contribution is 0.432. The van der Waals surface area contributed by atoms with Gasteiger partial charge < -0.3 is 10.3 Å². The Morgan fingerprint density at radius 1 is 1.19 bits per heavy atom. The van der Waals surface area contributed by atoms with E-state index in [1.54, 1.807) is 12.3 Å². The molecular weight excluding hydrogens is 400 g/mol. The van der Waals surface area contributed by atoms with Crippen molar-refractivity contribution in [3.05, 3.63) is 45.0 Å². The Balaban J connectivity index is 2.03. The van der Waals surface area contributed by atoms with Crippen molar-refractivity contribution in [3.8, 4) is 23.0 Å². The molecule has 1 aromatic carbocycles. The maximum atomic E-state index is 5.75. The van der Waals surface area contributed by atoms with Crippen LogP contribution in [-0.4, -0.2) is 15.1 Å². The molecule has 7 heteroatoms. The lowest BCUT2D eigenvalue weighted by atomic mass is 10.1. The van der Waals surface area contributed by atoms with Gasteiger partial charge in [0, 0.05) is 26.4 Å². The minimum absolute atomic E-state index is 0.431. The Morgan fingerprint density at radius 2 is 2.00 bits per heavy atom. The van der Waals surface area contributed by atoms with Gasteiger partial charge in [-0.15, -0.1) is 0 Å². The summed E-state index contributed by atoms with van der Waals surface area (Å²) in [6.45, 7) is 1.95. The van der Waals surface area contributed by atoms with Crippen LogP contribution in [0.25, 0.3) is 23.0 Å². The number of aryl methyl sites for hydroxylation is 1. The third kappa shape index (κ3) is 2.84. The van der Waals surface area contributed by atoms with Gasteiger partial charge in [-0.05, 0) is 68.6 Å². The minimum Gasteiger partial charge on any atom is -0.399 e. The van der Waals surface area contributed by atoms with Crippen molar-refractivity contribution >= 4 is 37.5 Å². The molecule has 0 saturated carbocycles. The van der Waals surface area contributed by atoms with E-state index in [1.165, 1.54) is 0 Å². The molecule has 2 aromatic heterocycles. The van der Waals surface area contributed by atoms with E-state index in [2.05, 4.69) is 47.0 Å². The summed E-state index contributed by atoms with van der Waals surface area (Å²) < 4.78 is 7.00. The van der Waals surface area contributed by atoms with Gasteiger partial charge in [0.15, 0.2) is 0 Å². The second-order valence-electron chi connectivity index (χ2n) is 4.48. The molecule has 0 aliphatic rings. The summed E-state index contributed by atoms with van der Waals surface area (Å²) in [7, 11) is 0. The highest BCUT2D eigenvalue weighted by molar-refractivity contribution is 9.11. The van der Waals surface area contributed by atoms with Gasteiger partial charge in [-0.1, -0.05) is 5.16 Å². The molecule has 106 valence electrons. The molecule has 0 saturated heterocycles. The number of rotatable bonds is 2. The van der Waals surface area contributed by atoms with Gasteiger partial charge in [0.1, 0.15) is 5.69 Å². The zero-order valence-corrected chi connectivity index (χ0v) is 14.1. The smallest absolute Gasteiger partial charge is 0.258 e. The van der Waals surface area contributed by atoms with E-state index in [1.807, 2.05) is 25.1 Å². The van der Waals surface area contributed by atoms with Gasteiger partial charge in [0.25, 0.3) is 5.89 Å². The summed E-state index contributed by atoms with van der Waals surface area (Å²) in [5.74, 6) is 0.875. The molecule has 2 N–H and O–H groups in total. The lowest BCUT2D eigenvalue weighted by Crippen LogP contribution is -1.90. The van der Waals surface area contributed by atoms with Gasteiger partial charge in [-0.2, -0.15) is 4.98 Å². The molecule has 2 heterocycles. The van der Waals surface area contributed by atoms with Crippen LogP contribution in [0, 0.1) is 6.92 Å². The Morgan fingerprint density at radius 3 is 2.71 bits per heavy atom. The van der Waals surface area contributed by atoms with Crippen molar-refractivity contribution in [2.45, 2.75) is 6.92 Å². The summed E-state index contributed by atoms with van der Waals surface area (Å²) >= 11 is 6.80. The van der Waals surface area contributed by atoms with E-state index >= 15 is 0 Å². The zero-order chi connectivity index (χ0) is 15.0. The van der Waals surface area contributed by atoms with Crippen LogP contribution in [-0.2, 0) is 0 Å². The largest absolute Gasteiger partial charge is 0.399 e. The van der Waals surface area contributed by atoms with Crippen LogP contribution in [0.5, 0.6) is 0 Å². The van der Waals surface area contributed by atoms with E-state index in [4.69, 9.17) is 10.3 Å². The van der Waals surface area contributed by atoms with Crippen LogP contribution in [0.15, 0.2) is 43.9 Å².